The van der Waals surface area contributed by atoms with Gasteiger partial charge in [-0.1, -0.05) is 24.6 Å². The lowest BCUT2D eigenvalue weighted by atomic mass is 10.1. The van der Waals surface area contributed by atoms with Crippen LogP contribution in [0, 0.1) is 6.92 Å². The molecule has 0 spiro atoms. The number of hydrogen-bond acceptors (Lipinski definition) is 2. The molecule has 0 aliphatic carbocycles. The molecule has 0 heterocycles. The topological polar surface area (TPSA) is 61.4 Å². The normalized spacial score (nSPS) is 12.0. The van der Waals surface area contributed by atoms with E-state index in [-0.39, 0.29) is 18.7 Å². The first-order valence-corrected chi connectivity index (χ1v) is 6.39. The number of nitrogens with one attached hydrogen (secondary N) is 2. The van der Waals surface area contributed by atoms with Gasteiger partial charge in [0.25, 0.3) is 0 Å². The van der Waals surface area contributed by atoms with Gasteiger partial charge in [0.15, 0.2) is 0 Å². The first-order chi connectivity index (χ1) is 8.56. The van der Waals surface area contributed by atoms with Gasteiger partial charge >= 0.3 is 6.03 Å². The molecule has 3 N–H and O–H groups in total. The van der Waals surface area contributed by atoms with Crippen LogP contribution in [0.5, 0.6) is 0 Å². The van der Waals surface area contributed by atoms with Crippen molar-refractivity contribution in [3.05, 3.63) is 28.8 Å². The predicted molar refractivity (Wildman–Crippen MR) is 74.1 cm³/mol. The van der Waals surface area contributed by atoms with Crippen LogP contribution in [0.4, 0.5) is 10.5 Å². The van der Waals surface area contributed by atoms with Crippen LogP contribution < -0.4 is 10.6 Å². The Kier molecular flexibility index (Phi) is 5.95. The molecule has 0 aliphatic heterocycles. The average Bonchev–Trinajstić information content (AvgIpc) is 2.33. The van der Waals surface area contributed by atoms with Crippen molar-refractivity contribution in [3.8, 4) is 0 Å². The number of halogens is 1. The highest BCUT2D eigenvalue weighted by Crippen LogP contribution is 2.19. The first-order valence-electron chi connectivity index (χ1n) is 6.01. The summed E-state index contributed by atoms with van der Waals surface area (Å²) in [5.41, 5.74) is 1.62. The number of anilines is 1. The van der Waals surface area contributed by atoms with E-state index in [1.165, 1.54) is 0 Å². The molecule has 0 fully saturated rings. The predicted octanol–water partition coefficient (Wildman–Crippen LogP) is 2.93. The molecule has 1 rings (SSSR count). The van der Waals surface area contributed by atoms with Crippen LogP contribution >= 0.6 is 11.6 Å². The smallest absolute Gasteiger partial charge is 0.319 e. The zero-order valence-electron chi connectivity index (χ0n) is 10.7. The molecule has 0 radical (unpaired) electrons. The Morgan fingerprint density at radius 1 is 1.50 bits per heavy atom. The third-order valence-electron chi connectivity index (χ3n) is 2.74. The number of aliphatic hydroxyl groups excluding tert-OH is 1. The van der Waals surface area contributed by atoms with E-state index < -0.39 is 0 Å². The van der Waals surface area contributed by atoms with E-state index in [9.17, 15) is 4.79 Å². The Hall–Kier alpha value is -1.26. The third-order valence-corrected chi connectivity index (χ3v) is 3.14. The molecule has 1 aromatic rings. The zero-order valence-corrected chi connectivity index (χ0v) is 11.4. The summed E-state index contributed by atoms with van der Waals surface area (Å²) in [6, 6.07) is 5.06. The second-order valence-electron chi connectivity index (χ2n) is 4.18. The van der Waals surface area contributed by atoms with Gasteiger partial charge in [0, 0.05) is 23.4 Å². The van der Waals surface area contributed by atoms with Gasteiger partial charge in [0.2, 0.25) is 0 Å². The largest absolute Gasteiger partial charge is 0.396 e. The second kappa shape index (κ2) is 7.24. The highest BCUT2D eigenvalue weighted by Gasteiger charge is 2.10. The molecular weight excluding hydrogens is 252 g/mol. The van der Waals surface area contributed by atoms with Crippen LogP contribution in [0.1, 0.15) is 25.3 Å². The highest BCUT2D eigenvalue weighted by atomic mass is 35.5. The summed E-state index contributed by atoms with van der Waals surface area (Å²) < 4.78 is 0. The standard InChI is InChI=1S/C13H19ClN2O2/c1-3-10(6-7-17)15-13(18)16-11-5-4-9(2)12(14)8-11/h4-5,8,10,17H,3,6-7H2,1-2H3,(H2,15,16,18). The van der Waals surface area contributed by atoms with Crippen LogP contribution in [0.15, 0.2) is 18.2 Å². The lowest BCUT2D eigenvalue weighted by Gasteiger charge is -2.16. The van der Waals surface area contributed by atoms with E-state index in [1.54, 1.807) is 12.1 Å². The minimum absolute atomic E-state index is 0.0177. The summed E-state index contributed by atoms with van der Waals surface area (Å²) in [4.78, 5) is 11.7. The molecule has 0 saturated heterocycles. The molecule has 0 aliphatic rings. The summed E-state index contributed by atoms with van der Waals surface area (Å²) >= 11 is 5.98. The lowest BCUT2D eigenvalue weighted by Crippen LogP contribution is -2.38. The van der Waals surface area contributed by atoms with E-state index in [4.69, 9.17) is 16.7 Å². The molecule has 0 aromatic heterocycles. The lowest BCUT2D eigenvalue weighted by molar-refractivity contribution is 0.237. The quantitative estimate of drug-likeness (QED) is 0.770. The molecule has 2 amide bonds. The second-order valence-corrected chi connectivity index (χ2v) is 4.59. The van der Waals surface area contributed by atoms with Gasteiger partial charge < -0.3 is 15.7 Å². The van der Waals surface area contributed by atoms with Crippen molar-refractivity contribution in [1.29, 1.82) is 0 Å². The monoisotopic (exact) mass is 270 g/mol. The van der Waals surface area contributed by atoms with E-state index in [2.05, 4.69) is 10.6 Å². The molecule has 0 saturated carbocycles. The van der Waals surface area contributed by atoms with E-state index in [1.807, 2.05) is 19.9 Å². The minimum atomic E-state index is -0.282. The highest BCUT2D eigenvalue weighted by molar-refractivity contribution is 6.31. The zero-order chi connectivity index (χ0) is 13.5. The number of urea groups is 1. The maximum Gasteiger partial charge on any atom is 0.319 e. The van der Waals surface area contributed by atoms with Crippen molar-refractivity contribution >= 4 is 23.3 Å². The Labute approximate surface area is 112 Å². The molecule has 1 atom stereocenters. The first kappa shape index (κ1) is 14.8. The fourth-order valence-corrected chi connectivity index (χ4v) is 1.74. The van der Waals surface area contributed by atoms with Gasteiger partial charge in [-0.3, -0.25) is 0 Å². The Balaban J connectivity index is 2.55. The van der Waals surface area contributed by atoms with Crippen molar-refractivity contribution < 1.29 is 9.90 Å². The summed E-state index contributed by atoms with van der Waals surface area (Å²) in [6.07, 6.45) is 1.33. The molecule has 1 unspecified atom stereocenters. The minimum Gasteiger partial charge on any atom is -0.396 e. The number of rotatable bonds is 5. The number of carbonyl (C=O) groups is 1. The van der Waals surface area contributed by atoms with E-state index >= 15 is 0 Å². The molecule has 0 bridgehead atoms. The maximum atomic E-state index is 11.7. The van der Waals surface area contributed by atoms with Crippen molar-refractivity contribution in [2.75, 3.05) is 11.9 Å². The SMILES string of the molecule is CCC(CCO)NC(=O)Nc1ccc(C)c(Cl)c1. The van der Waals surface area contributed by atoms with Crippen LogP contribution in [-0.4, -0.2) is 23.8 Å². The fraction of sp³-hybridized carbons (Fsp3) is 0.462. The number of aliphatic hydroxyl groups is 1. The Bertz CT molecular complexity index is 410. The molecule has 18 heavy (non-hydrogen) atoms. The van der Waals surface area contributed by atoms with E-state index in [0.717, 1.165) is 12.0 Å². The maximum absolute atomic E-state index is 11.7. The van der Waals surface area contributed by atoms with Crippen molar-refractivity contribution in [2.24, 2.45) is 0 Å². The molecule has 1 aromatic carbocycles. The number of amides is 2. The molecule has 4 nitrogen and oxygen atoms in total. The van der Waals surface area contributed by atoms with Crippen LogP contribution in [0.25, 0.3) is 0 Å². The third kappa shape index (κ3) is 4.55. The van der Waals surface area contributed by atoms with Gasteiger partial charge in [-0.15, -0.1) is 0 Å². The number of benzene rings is 1. The summed E-state index contributed by atoms with van der Waals surface area (Å²) in [6.45, 7) is 3.93. The van der Waals surface area contributed by atoms with Crippen LogP contribution in [0.3, 0.4) is 0 Å². The molecule has 100 valence electrons. The summed E-state index contributed by atoms with van der Waals surface area (Å²) in [5.74, 6) is 0. The van der Waals surface area contributed by atoms with Gasteiger partial charge in [0.1, 0.15) is 0 Å². The molecule has 5 heteroatoms. The van der Waals surface area contributed by atoms with Gasteiger partial charge in [-0.25, -0.2) is 4.79 Å². The Morgan fingerprint density at radius 3 is 2.78 bits per heavy atom. The summed E-state index contributed by atoms with van der Waals surface area (Å²) in [7, 11) is 0. The summed E-state index contributed by atoms with van der Waals surface area (Å²) in [5, 5.41) is 15.0. The Morgan fingerprint density at radius 2 is 2.22 bits per heavy atom. The van der Waals surface area contributed by atoms with Crippen molar-refractivity contribution in [1.82, 2.24) is 5.32 Å². The van der Waals surface area contributed by atoms with Gasteiger partial charge in [-0.2, -0.15) is 0 Å². The van der Waals surface area contributed by atoms with Crippen molar-refractivity contribution in [3.63, 3.8) is 0 Å². The van der Waals surface area contributed by atoms with Gasteiger partial charge in [0.05, 0.1) is 0 Å². The number of carbonyl (C=O) groups excluding carboxylic acids is 1. The van der Waals surface area contributed by atoms with E-state index in [0.29, 0.717) is 17.1 Å². The molecular formula is C13H19ClN2O2. The fourth-order valence-electron chi connectivity index (χ4n) is 1.56. The van der Waals surface area contributed by atoms with Gasteiger partial charge in [-0.05, 0) is 37.5 Å². The average molecular weight is 271 g/mol. The van der Waals surface area contributed by atoms with Crippen LogP contribution in [0.2, 0.25) is 5.02 Å². The number of aryl methyl sites for hydroxylation is 1. The van der Waals surface area contributed by atoms with Crippen LogP contribution in [-0.2, 0) is 0 Å². The van der Waals surface area contributed by atoms with Crippen molar-refractivity contribution in [2.45, 2.75) is 32.7 Å². The number of hydrogen-bond donors (Lipinski definition) is 3.